The Kier molecular flexibility index (Phi) is 4.48. The maximum absolute atomic E-state index is 11.2. The van der Waals surface area contributed by atoms with E-state index in [4.69, 9.17) is 5.73 Å². The van der Waals surface area contributed by atoms with Crippen LogP contribution in [-0.4, -0.2) is 14.0 Å². The number of carbonyl (C=O) groups is 1. The Bertz CT molecular complexity index is 630. The third-order valence-corrected chi connectivity index (χ3v) is 5.53. The molecule has 0 saturated heterocycles. The minimum absolute atomic E-state index is 0.405. The highest BCUT2D eigenvalue weighted by Crippen LogP contribution is 2.12. The molecule has 0 aliphatic rings. The Morgan fingerprint density at radius 1 is 1.10 bits per heavy atom. The number of hydrogen-bond donors (Lipinski definition) is 2. The molecule has 3 N–H and O–H groups in total. The predicted octanol–water partition coefficient (Wildman–Crippen LogP) is 2.94. The van der Waals surface area contributed by atoms with Crippen molar-refractivity contribution in [2.45, 2.75) is 26.2 Å². The van der Waals surface area contributed by atoms with Gasteiger partial charge in [-0.2, -0.15) is 0 Å². The van der Waals surface area contributed by atoms with Gasteiger partial charge in [-0.25, -0.2) is 0 Å². The van der Waals surface area contributed by atoms with E-state index in [-0.39, 0.29) is 0 Å². The number of rotatable bonds is 5. The first-order valence-corrected chi connectivity index (χ1v) is 10.6. The second kappa shape index (κ2) is 6.14. The maximum Gasteiger partial charge on any atom is 0.248 e. The van der Waals surface area contributed by atoms with Crippen LogP contribution in [0.5, 0.6) is 0 Å². The second-order valence-electron chi connectivity index (χ2n) is 6.25. The molecule has 0 bridgehead atoms. The summed E-state index contributed by atoms with van der Waals surface area (Å²) in [5.41, 5.74) is 7.93. The molecule has 0 atom stereocenters. The summed E-state index contributed by atoms with van der Waals surface area (Å²) >= 11 is 0. The lowest BCUT2D eigenvalue weighted by atomic mass is 10.2. The highest BCUT2D eigenvalue weighted by Gasteiger charge is 2.15. The molecule has 0 aromatic heterocycles. The lowest BCUT2D eigenvalue weighted by molar-refractivity contribution is 0.100. The van der Waals surface area contributed by atoms with Crippen molar-refractivity contribution in [3.8, 4) is 0 Å². The molecule has 4 heteroatoms. The van der Waals surface area contributed by atoms with Crippen LogP contribution in [0.4, 0.5) is 5.69 Å². The predicted molar refractivity (Wildman–Crippen MR) is 91.7 cm³/mol. The molecule has 0 aliphatic carbocycles. The van der Waals surface area contributed by atoms with Gasteiger partial charge in [-0.3, -0.25) is 4.79 Å². The van der Waals surface area contributed by atoms with Crippen LogP contribution in [0, 0.1) is 0 Å². The van der Waals surface area contributed by atoms with Gasteiger partial charge in [0.1, 0.15) is 0 Å². The zero-order valence-electron chi connectivity index (χ0n) is 12.8. The summed E-state index contributed by atoms with van der Waals surface area (Å²) in [6.45, 7) is 7.76. The van der Waals surface area contributed by atoms with E-state index < -0.39 is 14.0 Å². The van der Waals surface area contributed by atoms with Crippen LogP contribution in [-0.2, 0) is 6.54 Å². The van der Waals surface area contributed by atoms with Crippen molar-refractivity contribution in [1.29, 1.82) is 0 Å². The largest absolute Gasteiger partial charge is 0.381 e. The zero-order chi connectivity index (χ0) is 15.5. The molecule has 0 fully saturated rings. The molecule has 0 heterocycles. The van der Waals surface area contributed by atoms with Crippen LogP contribution < -0.4 is 16.2 Å². The summed E-state index contributed by atoms with van der Waals surface area (Å²) in [7, 11) is -1.23. The Hall–Kier alpha value is -2.07. The van der Waals surface area contributed by atoms with Crippen molar-refractivity contribution < 1.29 is 4.79 Å². The first-order valence-electron chi connectivity index (χ1n) is 7.09. The lowest BCUT2D eigenvalue weighted by Gasteiger charge is -2.17. The van der Waals surface area contributed by atoms with Crippen molar-refractivity contribution in [2.24, 2.45) is 5.73 Å². The van der Waals surface area contributed by atoms with Gasteiger partial charge in [0.2, 0.25) is 5.91 Å². The van der Waals surface area contributed by atoms with E-state index in [0.29, 0.717) is 5.56 Å². The molecular formula is C17H22N2OSi. The van der Waals surface area contributed by atoms with Gasteiger partial charge in [0, 0.05) is 17.8 Å². The van der Waals surface area contributed by atoms with Crippen molar-refractivity contribution >= 4 is 24.9 Å². The van der Waals surface area contributed by atoms with Crippen molar-refractivity contribution in [3.05, 3.63) is 59.7 Å². The number of primary amides is 1. The number of benzene rings is 2. The van der Waals surface area contributed by atoms with Crippen molar-refractivity contribution in [2.75, 3.05) is 5.32 Å². The van der Waals surface area contributed by atoms with E-state index in [0.717, 1.165) is 12.2 Å². The van der Waals surface area contributed by atoms with E-state index >= 15 is 0 Å². The molecule has 3 nitrogen and oxygen atoms in total. The fraction of sp³-hybridized carbons (Fsp3) is 0.235. The zero-order valence-corrected chi connectivity index (χ0v) is 13.8. The van der Waals surface area contributed by atoms with Crippen LogP contribution in [0.15, 0.2) is 48.5 Å². The fourth-order valence-electron chi connectivity index (χ4n) is 2.11. The third kappa shape index (κ3) is 4.19. The molecule has 0 unspecified atom stereocenters. The molecule has 21 heavy (non-hydrogen) atoms. The summed E-state index contributed by atoms with van der Waals surface area (Å²) in [4.78, 5) is 11.2. The summed E-state index contributed by atoms with van der Waals surface area (Å²) in [6.07, 6.45) is 0. The number of nitrogens with two attached hydrogens (primary N) is 1. The first kappa shape index (κ1) is 15.3. The summed E-state index contributed by atoms with van der Waals surface area (Å²) in [6, 6.07) is 16.0. The van der Waals surface area contributed by atoms with E-state index in [1.54, 1.807) is 12.1 Å². The van der Waals surface area contributed by atoms with Crippen LogP contribution in [0.3, 0.4) is 0 Å². The number of hydrogen-bond acceptors (Lipinski definition) is 2. The Morgan fingerprint density at radius 3 is 2.33 bits per heavy atom. The monoisotopic (exact) mass is 298 g/mol. The number of amides is 1. The molecule has 0 spiro atoms. The van der Waals surface area contributed by atoms with Crippen molar-refractivity contribution in [3.63, 3.8) is 0 Å². The van der Waals surface area contributed by atoms with Gasteiger partial charge in [0.05, 0.1) is 8.07 Å². The summed E-state index contributed by atoms with van der Waals surface area (Å²) < 4.78 is 0. The van der Waals surface area contributed by atoms with Crippen molar-refractivity contribution in [1.82, 2.24) is 0 Å². The summed E-state index contributed by atoms with van der Waals surface area (Å²) in [5, 5.41) is 4.78. The molecule has 2 rings (SSSR count). The average Bonchev–Trinajstić information content (AvgIpc) is 2.45. The molecular weight excluding hydrogens is 276 g/mol. The van der Waals surface area contributed by atoms with E-state index in [9.17, 15) is 4.79 Å². The SMILES string of the molecule is C[Si](C)(C)c1ccc(CNc2cccc(C(N)=O)c2)cc1. The van der Waals surface area contributed by atoms with Gasteiger partial charge in [-0.15, -0.1) is 0 Å². The molecule has 0 aliphatic heterocycles. The molecule has 2 aromatic rings. The van der Waals surface area contributed by atoms with Crippen LogP contribution in [0.25, 0.3) is 0 Å². The Balaban J connectivity index is 2.03. The van der Waals surface area contributed by atoms with Crippen LogP contribution in [0.2, 0.25) is 19.6 Å². The van der Waals surface area contributed by atoms with Gasteiger partial charge in [0.25, 0.3) is 0 Å². The minimum atomic E-state index is -1.23. The number of nitrogens with one attached hydrogen (secondary N) is 1. The lowest BCUT2D eigenvalue weighted by Crippen LogP contribution is -2.37. The molecule has 110 valence electrons. The highest BCUT2D eigenvalue weighted by molar-refractivity contribution is 6.88. The maximum atomic E-state index is 11.2. The normalized spacial score (nSPS) is 11.2. The summed E-state index contributed by atoms with van der Waals surface area (Å²) in [5.74, 6) is -0.405. The van der Waals surface area contributed by atoms with E-state index in [1.165, 1.54) is 10.8 Å². The number of anilines is 1. The molecule has 0 saturated carbocycles. The molecule has 2 aromatic carbocycles. The Morgan fingerprint density at radius 2 is 1.76 bits per heavy atom. The van der Waals surface area contributed by atoms with Gasteiger partial charge in [-0.1, -0.05) is 55.2 Å². The topological polar surface area (TPSA) is 55.1 Å². The third-order valence-electron chi connectivity index (χ3n) is 3.46. The van der Waals surface area contributed by atoms with E-state index in [1.807, 2.05) is 12.1 Å². The van der Waals surface area contributed by atoms with Crippen LogP contribution >= 0.6 is 0 Å². The van der Waals surface area contributed by atoms with Gasteiger partial charge < -0.3 is 11.1 Å². The number of carbonyl (C=O) groups excluding carboxylic acids is 1. The average molecular weight is 298 g/mol. The fourth-order valence-corrected chi connectivity index (χ4v) is 3.28. The van der Waals surface area contributed by atoms with Gasteiger partial charge in [-0.05, 0) is 23.8 Å². The van der Waals surface area contributed by atoms with Crippen LogP contribution in [0.1, 0.15) is 15.9 Å². The van der Waals surface area contributed by atoms with Gasteiger partial charge >= 0.3 is 0 Å². The highest BCUT2D eigenvalue weighted by atomic mass is 28.3. The molecule has 1 amide bonds. The smallest absolute Gasteiger partial charge is 0.248 e. The molecule has 0 radical (unpaired) electrons. The van der Waals surface area contributed by atoms with E-state index in [2.05, 4.69) is 49.2 Å². The minimum Gasteiger partial charge on any atom is -0.381 e. The first-order chi connectivity index (χ1) is 9.86. The second-order valence-corrected chi connectivity index (χ2v) is 11.3. The van der Waals surface area contributed by atoms with Gasteiger partial charge in [0.15, 0.2) is 0 Å². The quantitative estimate of drug-likeness (QED) is 0.834. The standard InChI is InChI=1S/C17H22N2OSi/c1-21(2,3)16-9-7-13(8-10-16)12-19-15-6-4-5-14(11-15)17(18)20/h4-11,19H,12H2,1-3H3,(H2,18,20). The Labute approximate surface area is 127 Å².